The summed E-state index contributed by atoms with van der Waals surface area (Å²) < 4.78 is 39.7. The van der Waals surface area contributed by atoms with Crippen molar-refractivity contribution in [3.8, 4) is 0 Å². The number of benzene rings is 2. The summed E-state index contributed by atoms with van der Waals surface area (Å²) in [6.45, 7) is 3.34. The molecule has 1 amide bonds. The molecule has 4 nitrogen and oxygen atoms in total. The number of alkyl halides is 3. The minimum absolute atomic E-state index is 0.0121. The number of aromatic nitrogens is 1. The highest BCUT2D eigenvalue weighted by Crippen LogP contribution is 2.29. The molecule has 1 fully saturated rings. The fourth-order valence-electron chi connectivity index (χ4n) is 3.48. The summed E-state index contributed by atoms with van der Waals surface area (Å²) in [5.41, 5.74) is 0.674. The lowest BCUT2D eigenvalue weighted by atomic mass is 10.1. The third-order valence-electron chi connectivity index (χ3n) is 5.03. The standard InChI is InChI=1S/C21H20F3N3OS/c22-21(23,24)16-5-3-4-15(12-16)13-20(28)27-10-8-26(9-11-27)14-19-25-17-6-1-2-7-18(17)29-19/h1-7,12H,8-11,13-14H2. The first-order valence-electron chi connectivity index (χ1n) is 9.39. The molecule has 2 heterocycles. The summed E-state index contributed by atoms with van der Waals surface area (Å²) in [7, 11) is 0. The highest BCUT2D eigenvalue weighted by Gasteiger charge is 2.30. The maximum Gasteiger partial charge on any atom is 0.416 e. The maximum absolute atomic E-state index is 12.8. The van der Waals surface area contributed by atoms with E-state index in [-0.39, 0.29) is 12.3 Å². The first kappa shape index (κ1) is 19.8. The zero-order valence-electron chi connectivity index (χ0n) is 15.7. The van der Waals surface area contributed by atoms with Gasteiger partial charge in [0.1, 0.15) is 5.01 Å². The largest absolute Gasteiger partial charge is 0.416 e. The molecule has 0 aliphatic carbocycles. The van der Waals surface area contributed by atoms with Crippen molar-refractivity contribution in [1.82, 2.24) is 14.8 Å². The van der Waals surface area contributed by atoms with E-state index in [1.165, 1.54) is 6.07 Å². The zero-order chi connectivity index (χ0) is 20.4. The van der Waals surface area contributed by atoms with E-state index in [0.717, 1.165) is 47.0 Å². The molecule has 1 aliphatic rings. The molecule has 2 aromatic carbocycles. The van der Waals surface area contributed by atoms with Gasteiger partial charge in [-0.15, -0.1) is 11.3 Å². The molecule has 1 aliphatic heterocycles. The first-order chi connectivity index (χ1) is 13.9. The maximum atomic E-state index is 12.8. The first-order valence-corrected chi connectivity index (χ1v) is 10.2. The number of para-hydroxylation sites is 1. The van der Waals surface area contributed by atoms with Crippen LogP contribution in [0.15, 0.2) is 48.5 Å². The lowest BCUT2D eigenvalue weighted by molar-refractivity contribution is -0.138. The van der Waals surface area contributed by atoms with Gasteiger partial charge in [-0.1, -0.05) is 30.3 Å². The van der Waals surface area contributed by atoms with Crippen molar-refractivity contribution in [3.63, 3.8) is 0 Å². The van der Waals surface area contributed by atoms with Gasteiger partial charge in [0.15, 0.2) is 0 Å². The van der Waals surface area contributed by atoms with Gasteiger partial charge >= 0.3 is 6.18 Å². The number of nitrogens with zero attached hydrogens (tertiary/aromatic N) is 3. The Morgan fingerprint density at radius 1 is 1.03 bits per heavy atom. The van der Waals surface area contributed by atoms with Crippen molar-refractivity contribution >= 4 is 27.5 Å². The van der Waals surface area contributed by atoms with E-state index in [4.69, 9.17) is 0 Å². The van der Waals surface area contributed by atoms with Crippen molar-refractivity contribution < 1.29 is 18.0 Å². The van der Waals surface area contributed by atoms with Gasteiger partial charge in [0.25, 0.3) is 0 Å². The van der Waals surface area contributed by atoms with Gasteiger partial charge < -0.3 is 4.90 Å². The SMILES string of the molecule is O=C(Cc1cccc(C(F)(F)F)c1)N1CCN(Cc2nc3ccccc3s2)CC1. The van der Waals surface area contributed by atoms with Crippen LogP contribution in [0.4, 0.5) is 13.2 Å². The second-order valence-corrected chi connectivity index (χ2v) is 8.22. The van der Waals surface area contributed by atoms with E-state index < -0.39 is 11.7 Å². The molecule has 0 atom stereocenters. The van der Waals surface area contributed by atoms with Crippen LogP contribution in [0.5, 0.6) is 0 Å². The van der Waals surface area contributed by atoms with Crippen LogP contribution < -0.4 is 0 Å². The fourth-order valence-corrected chi connectivity index (χ4v) is 4.49. The van der Waals surface area contributed by atoms with Gasteiger partial charge in [-0.3, -0.25) is 9.69 Å². The Kier molecular flexibility index (Phi) is 5.56. The van der Waals surface area contributed by atoms with Crippen LogP contribution in [0.1, 0.15) is 16.1 Å². The van der Waals surface area contributed by atoms with Crippen LogP contribution in [0.3, 0.4) is 0 Å². The zero-order valence-corrected chi connectivity index (χ0v) is 16.5. The summed E-state index contributed by atoms with van der Waals surface area (Å²) in [5.74, 6) is -0.135. The Morgan fingerprint density at radius 2 is 1.79 bits per heavy atom. The molecule has 1 saturated heterocycles. The van der Waals surface area contributed by atoms with Crippen LogP contribution in [0.25, 0.3) is 10.2 Å². The predicted octanol–water partition coefficient (Wildman–Crippen LogP) is 4.20. The second kappa shape index (κ2) is 8.12. The molecule has 0 radical (unpaired) electrons. The average molecular weight is 419 g/mol. The number of carbonyl (C=O) groups excluding carboxylic acids is 1. The number of piperazine rings is 1. The third kappa shape index (κ3) is 4.76. The van der Waals surface area contributed by atoms with E-state index in [1.54, 1.807) is 22.3 Å². The molecule has 152 valence electrons. The van der Waals surface area contributed by atoms with Crippen molar-refractivity contribution in [2.24, 2.45) is 0 Å². The Hall–Kier alpha value is -2.45. The van der Waals surface area contributed by atoms with E-state index in [1.807, 2.05) is 18.2 Å². The van der Waals surface area contributed by atoms with Gasteiger partial charge in [0.2, 0.25) is 5.91 Å². The molecule has 1 aromatic heterocycles. The lowest BCUT2D eigenvalue weighted by Crippen LogP contribution is -2.48. The number of hydrogen-bond donors (Lipinski definition) is 0. The highest BCUT2D eigenvalue weighted by atomic mass is 32.1. The number of amides is 1. The number of hydrogen-bond acceptors (Lipinski definition) is 4. The van der Waals surface area contributed by atoms with Gasteiger partial charge in [0, 0.05) is 26.2 Å². The Balaban J connectivity index is 1.31. The predicted molar refractivity (Wildman–Crippen MR) is 107 cm³/mol. The van der Waals surface area contributed by atoms with Crippen molar-refractivity contribution in [2.75, 3.05) is 26.2 Å². The number of halogens is 3. The Morgan fingerprint density at radius 3 is 2.52 bits per heavy atom. The normalized spacial score (nSPS) is 15.8. The topological polar surface area (TPSA) is 36.4 Å². The van der Waals surface area contributed by atoms with E-state index >= 15 is 0 Å². The summed E-state index contributed by atoms with van der Waals surface area (Å²) in [6, 6.07) is 13.0. The van der Waals surface area contributed by atoms with E-state index in [9.17, 15) is 18.0 Å². The number of rotatable bonds is 4. The Labute approximate surface area is 170 Å². The average Bonchev–Trinajstić information content (AvgIpc) is 3.10. The molecule has 0 saturated carbocycles. The molecule has 8 heteroatoms. The smallest absolute Gasteiger partial charge is 0.340 e. The summed E-state index contributed by atoms with van der Waals surface area (Å²) in [5, 5.41) is 1.05. The van der Waals surface area contributed by atoms with Crippen LogP contribution in [0, 0.1) is 0 Å². The lowest BCUT2D eigenvalue weighted by Gasteiger charge is -2.34. The second-order valence-electron chi connectivity index (χ2n) is 7.11. The molecular weight excluding hydrogens is 399 g/mol. The molecule has 0 spiro atoms. The number of carbonyl (C=O) groups is 1. The molecular formula is C21H20F3N3OS. The highest BCUT2D eigenvalue weighted by molar-refractivity contribution is 7.18. The van der Waals surface area contributed by atoms with Gasteiger partial charge in [-0.2, -0.15) is 13.2 Å². The number of fused-ring (bicyclic) bond motifs is 1. The summed E-state index contributed by atoms with van der Waals surface area (Å²) >= 11 is 1.68. The van der Waals surface area contributed by atoms with E-state index in [0.29, 0.717) is 18.7 Å². The van der Waals surface area contributed by atoms with Crippen LogP contribution in [-0.2, 0) is 23.9 Å². The van der Waals surface area contributed by atoms with Crippen molar-refractivity contribution in [1.29, 1.82) is 0 Å². The van der Waals surface area contributed by atoms with Crippen LogP contribution in [0.2, 0.25) is 0 Å². The van der Waals surface area contributed by atoms with Crippen molar-refractivity contribution in [2.45, 2.75) is 19.1 Å². The summed E-state index contributed by atoms with van der Waals surface area (Å²) in [6.07, 6.45) is -4.41. The summed E-state index contributed by atoms with van der Waals surface area (Å²) in [4.78, 5) is 21.2. The third-order valence-corrected chi connectivity index (χ3v) is 6.05. The molecule has 0 bridgehead atoms. The quantitative estimate of drug-likeness (QED) is 0.636. The van der Waals surface area contributed by atoms with Gasteiger partial charge in [-0.05, 0) is 23.8 Å². The minimum atomic E-state index is -4.40. The molecule has 3 aromatic rings. The van der Waals surface area contributed by atoms with Gasteiger partial charge in [-0.25, -0.2) is 4.98 Å². The number of thiazole rings is 1. The Bertz CT molecular complexity index is 977. The molecule has 29 heavy (non-hydrogen) atoms. The monoisotopic (exact) mass is 419 g/mol. The molecule has 0 N–H and O–H groups in total. The van der Waals surface area contributed by atoms with Crippen LogP contribution >= 0.6 is 11.3 Å². The molecule has 0 unspecified atom stereocenters. The van der Waals surface area contributed by atoms with E-state index in [2.05, 4.69) is 16.0 Å². The van der Waals surface area contributed by atoms with Crippen LogP contribution in [-0.4, -0.2) is 46.9 Å². The fraction of sp³-hybridized carbons (Fsp3) is 0.333. The molecule has 4 rings (SSSR count). The minimum Gasteiger partial charge on any atom is -0.340 e. The van der Waals surface area contributed by atoms with Crippen molar-refractivity contribution in [3.05, 3.63) is 64.7 Å². The van der Waals surface area contributed by atoms with Gasteiger partial charge in [0.05, 0.1) is 28.7 Å².